The highest BCUT2D eigenvalue weighted by molar-refractivity contribution is 6.26. The van der Waals surface area contributed by atoms with Crippen molar-refractivity contribution in [2.24, 2.45) is 0 Å². The number of benzene rings is 13. The van der Waals surface area contributed by atoms with Gasteiger partial charge in [0.2, 0.25) is 5.95 Å². The van der Waals surface area contributed by atoms with E-state index in [1.807, 2.05) is 6.08 Å². The SMILES string of the molecule is C=CC=c1c(=CC)n(-c2ccc3c4ccccc4c4ccccc4c3c2)c2ccc(-c3ccc4c(c3)c3ccccc3n4-c3nc(-c4cc5ccccc5c5ccccc45)cc(-c4cc5ccccc5c5ccccc45)n3)cc12. The van der Waals surface area contributed by atoms with Gasteiger partial charge in [0.25, 0.3) is 0 Å². The molecule has 0 amide bonds. The predicted molar refractivity (Wildman–Crippen MR) is 336 cm³/mol. The summed E-state index contributed by atoms with van der Waals surface area (Å²) in [6.45, 7) is 6.33. The van der Waals surface area contributed by atoms with Gasteiger partial charge in [-0.15, -0.1) is 0 Å². The van der Waals surface area contributed by atoms with E-state index in [1.54, 1.807) is 0 Å². The van der Waals surface area contributed by atoms with Gasteiger partial charge < -0.3 is 4.57 Å². The highest BCUT2D eigenvalue weighted by Crippen LogP contribution is 2.42. The van der Waals surface area contributed by atoms with Gasteiger partial charge in [0.15, 0.2) is 0 Å². The molecule has 0 aliphatic carbocycles. The Kier molecular flexibility index (Phi) is 9.97. The fourth-order valence-electron chi connectivity index (χ4n) is 13.1. The summed E-state index contributed by atoms with van der Waals surface area (Å²) in [6, 6.07) is 88.6. The van der Waals surface area contributed by atoms with Crippen LogP contribution in [0.1, 0.15) is 6.92 Å². The fourth-order valence-corrected chi connectivity index (χ4v) is 13.1. The second-order valence-electron chi connectivity index (χ2n) is 20.8. The zero-order valence-corrected chi connectivity index (χ0v) is 43.3. The van der Waals surface area contributed by atoms with Crippen LogP contribution in [0.15, 0.2) is 255 Å². The lowest BCUT2D eigenvalue weighted by Gasteiger charge is -2.16. The molecule has 0 saturated carbocycles. The van der Waals surface area contributed by atoms with E-state index in [0.29, 0.717) is 5.95 Å². The number of hydrogen-bond donors (Lipinski definition) is 0. The van der Waals surface area contributed by atoms with Crippen LogP contribution < -0.4 is 10.6 Å². The van der Waals surface area contributed by atoms with Crippen molar-refractivity contribution in [1.29, 1.82) is 0 Å². The summed E-state index contributed by atoms with van der Waals surface area (Å²) in [5, 5.41) is 22.7. The lowest BCUT2D eigenvalue weighted by molar-refractivity contribution is 0.997. The maximum atomic E-state index is 5.64. The largest absolute Gasteiger partial charge is 0.310 e. The Morgan fingerprint density at radius 1 is 0.342 bits per heavy atom. The van der Waals surface area contributed by atoms with Gasteiger partial charge in [0.1, 0.15) is 0 Å². The molecule has 0 fully saturated rings. The molecule has 16 rings (SSSR count). The van der Waals surface area contributed by atoms with E-state index in [2.05, 4.69) is 277 Å². The summed E-state index contributed by atoms with van der Waals surface area (Å²) in [5.41, 5.74) is 10.5. The maximum absolute atomic E-state index is 5.64. The van der Waals surface area contributed by atoms with E-state index >= 15 is 0 Å². The number of hydrogen-bond acceptors (Lipinski definition) is 2. The monoisotopic (exact) mass is 1000 g/mol. The van der Waals surface area contributed by atoms with Gasteiger partial charge in [-0.1, -0.05) is 207 Å². The molecule has 0 aliphatic rings. The maximum Gasteiger partial charge on any atom is 0.235 e. The normalized spacial score (nSPS) is 12.6. The van der Waals surface area contributed by atoms with Gasteiger partial charge >= 0.3 is 0 Å². The summed E-state index contributed by atoms with van der Waals surface area (Å²) in [4.78, 5) is 11.3. The molecule has 4 nitrogen and oxygen atoms in total. The topological polar surface area (TPSA) is 35.6 Å². The van der Waals surface area contributed by atoms with Crippen LogP contribution in [0.3, 0.4) is 0 Å². The number of nitrogens with zero attached hydrogens (tertiary/aromatic N) is 4. The third-order valence-corrected chi connectivity index (χ3v) is 16.6. The number of fused-ring (bicyclic) bond motifs is 16. The second kappa shape index (κ2) is 17.6. The quantitative estimate of drug-likeness (QED) is 0.156. The van der Waals surface area contributed by atoms with Crippen molar-refractivity contribution in [3.63, 3.8) is 0 Å². The van der Waals surface area contributed by atoms with Gasteiger partial charge in [0.05, 0.1) is 27.9 Å². The molecule has 0 atom stereocenters. The molecule has 16 aromatic rings. The van der Waals surface area contributed by atoms with Crippen LogP contribution in [0.4, 0.5) is 0 Å². The molecule has 0 saturated heterocycles. The number of para-hydroxylation sites is 1. The summed E-state index contributed by atoms with van der Waals surface area (Å²) >= 11 is 0. The minimum absolute atomic E-state index is 0.617. The molecule has 0 unspecified atom stereocenters. The molecule has 368 valence electrons. The molecule has 79 heavy (non-hydrogen) atoms. The van der Waals surface area contributed by atoms with E-state index < -0.39 is 0 Å². The van der Waals surface area contributed by atoms with Crippen molar-refractivity contribution >= 4 is 120 Å². The zero-order chi connectivity index (χ0) is 52.3. The van der Waals surface area contributed by atoms with Crippen LogP contribution in [0.5, 0.6) is 0 Å². The van der Waals surface area contributed by atoms with Crippen molar-refractivity contribution in [3.8, 4) is 45.3 Å². The number of allylic oxidation sites excluding steroid dienone is 1. The molecule has 0 radical (unpaired) electrons. The first-order valence-corrected chi connectivity index (χ1v) is 27.1. The minimum Gasteiger partial charge on any atom is -0.310 e. The Morgan fingerprint density at radius 2 is 0.772 bits per heavy atom. The van der Waals surface area contributed by atoms with Crippen LogP contribution >= 0.6 is 0 Å². The van der Waals surface area contributed by atoms with E-state index in [1.165, 1.54) is 64.6 Å². The number of aromatic nitrogens is 4. The Morgan fingerprint density at radius 3 is 1.32 bits per heavy atom. The van der Waals surface area contributed by atoms with Crippen LogP contribution in [0, 0.1) is 0 Å². The van der Waals surface area contributed by atoms with Crippen LogP contribution in [0.2, 0.25) is 0 Å². The van der Waals surface area contributed by atoms with E-state index in [4.69, 9.17) is 9.97 Å². The summed E-state index contributed by atoms with van der Waals surface area (Å²) < 4.78 is 4.69. The van der Waals surface area contributed by atoms with Crippen LogP contribution in [-0.4, -0.2) is 19.1 Å². The van der Waals surface area contributed by atoms with Crippen molar-refractivity contribution in [2.45, 2.75) is 6.92 Å². The van der Waals surface area contributed by atoms with E-state index in [9.17, 15) is 0 Å². The Balaban J connectivity index is 0.900. The Bertz CT molecular complexity index is 5250. The van der Waals surface area contributed by atoms with Gasteiger partial charge in [-0.05, 0) is 154 Å². The standard InChI is InChI=1S/C75H48N4/c1-3-19-62-67-40-46(34-38-73(67)78(71(62)4-2)50-36-37-61-57-28-12-11-26-55(57)56-27-13-14-29-58(56)64(61)44-50)47-35-39-74-68(41-47)63-32-17-18-33-72(63)79(74)75-76-69(65-42-48-20-5-7-22-51(48)53-24-9-15-30-59(53)65)45-70(77-75)66-43-49-21-6-8-23-52(49)54-25-10-16-31-60(54)66/h3-45H,1H2,2H3. The zero-order valence-electron chi connectivity index (χ0n) is 43.3. The van der Waals surface area contributed by atoms with Crippen LogP contribution in [0.25, 0.3) is 166 Å². The molecule has 0 bridgehead atoms. The van der Waals surface area contributed by atoms with Crippen molar-refractivity contribution in [2.75, 3.05) is 0 Å². The molecular formula is C75H48N4. The molecule has 0 spiro atoms. The molecule has 4 heteroatoms. The second-order valence-corrected chi connectivity index (χ2v) is 20.8. The molecule has 3 aromatic heterocycles. The highest BCUT2D eigenvalue weighted by atomic mass is 15.2. The molecule has 13 aromatic carbocycles. The first-order chi connectivity index (χ1) is 39.1. The summed E-state index contributed by atoms with van der Waals surface area (Å²) in [7, 11) is 0. The number of rotatable bonds is 6. The van der Waals surface area contributed by atoms with Gasteiger partial charge in [0, 0.05) is 43.5 Å². The first kappa shape index (κ1) is 44.8. The molecule has 3 heterocycles. The van der Waals surface area contributed by atoms with E-state index in [0.717, 1.165) is 93.4 Å². The van der Waals surface area contributed by atoms with Crippen molar-refractivity contribution < 1.29 is 0 Å². The molecular weight excluding hydrogens is 957 g/mol. The minimum atomic E-state index is 0.617. The third-order valence-electron chi connectivity index (χ3n) is 16.6. The smallest absolute Gasteiger partial charge is 0.235 e. The Hall–Kier alpha value is -10.4. The molecule has 0 aliphatic heterocycles. The summed E-state index contributed by atoms with van der Waals surface area (Å²) in [6.07, 6.45) is 6.29. The molecule has 0 N–H and O–H groups in total. The average Bonchev–Trinajstić information content (AvgIpc) is 4.28. The first-order valence-electron chi connectivity index (χ1n) is 27.1. The lowest BCUT2D eigenvalue weighted by atomic mass is 9.93. The van der Waals surface area contributed by atoms with Crippen molar-refractivity contribution in [1.82, 2.24) is 19.1 Å². The Labute approximate surface area is 455 Å². The summed E-state index contributed by atoms with van der Waals surface area (Å²) in [5.74, 6) is 0.617. The fraction of sp³-hybridized carbons (Fsp3) is 0.0133. The van der Waals surface area contributed by atoms with E-state index in [-0.39, 0.29) is 0 Å². The van der Waals surface area contributed by atoms with Crippen molar-refractivity contribution in [3.05, 3.63) is 266 Å². The van der Waals surface area contributed by atoms with Gasteiger partial charge in [-0.2, -0.15) is 0 Å². The third kappa shape index (κ3) is 6.81. The average molecular weight is 1010 g/mol. The van der Waals surface area contributed by atoms with Gasteiger partial charge in [-0.25, -0.2) is 9.97 Å². The van der Waals surface area contributed by atoms with Crippen LogP contribution in [-0.2, 0) is 0 Å². The predicted octanol–water partition coefficient (Wildman–Crippen LogP) is 18.4. The van der Waals surface area contributed by atoms with Gasteiger partial charge in [-0.3, -0.25) is 4.57 Å². The highest BCUT2D eigenvalue weighted by Gasteiger charge is 2.22. The lowest BCUT2D eigenvalue weighted by Crippen LogP contribution is -2.27.